The number of hydrogen-bond acceptors (Lipinski definition) is 6. The summed E-state index contributed by atoms with van der Waals surface area (Å²) in [6.45, 7) is 1.99. The third-order valence-corrected chi connectivity index (χ3v) is 4.72. The number of hydrogen-bond donors (Lipinski definition) is 3. The molecule has 0 radical (unpaired) electrons. The van der Waals surface area contributed by atoms with Crippen LogP contribution in [0.15, 0.2) is 40.3 Å². The van der Waals surface area contributed by atoms with Crippen molar-refractivity contribution in [3.05, 3.63) is 51.9 Å². The first-order valence-electron chi connectivity index (χ1n) is 8.79. The topological polar surface area (TPSA) is 121 Å². The number of aliphatic carboxylic acids is 1. The van der Waals surface area contributed by atoms with E-state index in [2.05, 4.69) is 15.3 Å². The Morgan fingerprint density at radius 3 is 2.64 bits per heavy atom. The molecule has 1 atom stereocenters. The van der Waals surface area contributed by atoms with Gasteiger partial charge in [-0.3, -0.25) is 14.4 Å². The van der Waals surface area contributed by atoms with Crippen LogP contribution in [0.2, 0.25) is 0 Å². The third kappa shape index (κ3) is 6.73. The summed E-state index contributed by atoms with van der Waals surface area (Å²) in [6.07, 6.45) is 1.30. The van der Waals surface area contributed by atoms with Gasteiger partial charge in [-0.05, 0) is 24.1 Å². The maximum atomic E-state index is 12.3. The summed E-state index contributed by atoms with van der Waals surface area (Å²) >= 11 is 1.10. The van der Waals surface area contributed by atoms with Gasteiger partial charge in [-0.15, -0.1) is 0 Å². The second-order valence-corrected chi connectivity index (χ2v) is 7.04. The predicted octanol–water partition coefficient (Wildman–Crippen LogP) is 2.16. The fourth-order valence-electron chi connectivity index (χ4n) is 2.57. The van der Waals surface area contributed by atoms with E-state index in [4.69, 9.17) is 9.84 Å². The summed E-state index contributed by atoms with van der Waals surface area (Å²) in [7, 11) is 1.54. The molecular formula is C19H23N3O5S. The fourth-order valence-corrected chi connectivity index (χ4v) is 3.27. The van der Waals surface area contributed by atoms with Crippen molar-refractivity contribution in [2.45, 2.75) is 37.4 Å². The highest BCUT2D eigenvalue weighted by Crippen LogP contribution is 2.21. The molecule has 0 spiro atoms. The molecule has 1 heterocycles. The Bertz CT molecular complexity index is 867. The Labute approximate surface area is 166 Å². The van der Waals surface area contributed by atoms with Crippen molar-refractivity contribution in [2.75, 3.05) is 12.9 Å². The first-order valence-corrected chi connectivity index (χ1v) is 9.78. The smallest absolute Gasteiger partial charge is 0.305 e. The first-order chi connectivity index (χ1) is 13.4. The minimum absolute atomic E-state index is 0.00475. The van der Waals surface area contributed by atoms with Crippen LogP contribution >= 0.6 is 11.8 Å². The zero-order chi connectivity index (χ0) is 20.5. The van der Waals surface area contributed by atoms with Gasteiger partial charge in [0.25, 0.3) is 5.56 Å². The summed E-state index contributed by atoms with van der Waals surface area (Å²) in [5, 5.41) is 12.2. The van der Waals surface area contributed by atoms with E-state index < -0.39 is 12.0 Å². The van der Waals surface area contributed by atoms with Crippen molar-refractivity contribution >= 4 is 23.6 Å². The molecule has 150 valence electrons. The van der Waals surface area contributed by atoms with Crippen molar-refractivity contribution in [2.24, 2.45) is 0 Å². The van der Waals surface area contributed by atoms with Crippen LogP contribution in [0.25, 0.3) is 0 Å². The Balaban J connectivity index is 2.03. The number of carbonyl (C=O) groups is 2. The third-order valence-electron chi connectivity index (χ3n) is 3.85. The number of methoxy groups -OCH3 is 1. The molecule has 28 heavy (non-hydrogen) atoms. The van der Waals surface area contributed by atoms with Crippen LogP contribution in [0.3, 0.4) is 0 Å². The zero-order valence-corrected chi connectivity index (χ0v) is 16.5. The minimum atomic E-state index is -1.02. The molecule has 0 aliphatic carbocycles. The monoisotopic (exact) mass is 405 g/mol. The highest BCUT2D eigenvalue weighted by molar-refractivity contribution is 7.99. The van der Waals surface area contributed by atoms with E-state index in [1.54, 1.807) is 24.3 Å². The summed E-state index contributed by atoms with van der Waals surface area (Å²) in [4.78, 5) is 42.1. The number of aryl methyl sites for hydroxylation is 1. The second-order valence-electron chi connectivity index (χ2n) is 6.07. The molecule has 2 rings (SSSR count). The van der Waals surface area contributed by atoms with E-state index in [1.165, 1.54) is 13.2 Å². The number of aromatic amines is 1. The van der Waals surface area contributed by atoms with E-state index in [9.17, 15) is 14.4 Å². The van der Waals surface area contributed by atoms with E-state index in [-0.39, 0.29) is 23.6 Å². The van der Waals surface area contributed by atoms with Gasteiger partial charge in [0.15, 0.2) is 5.16 Å². The lowest BCUT2D eigenvalue weighted by molar-refractivity contribution is -0.137. The van der Waals surface area contributed by atoms with Gasteiger partial charge in [-0.25, -0.2) is 4.98 Å². The lowest BCUT2D eigenvalue weighted by atomic mass is 10.0. The lowest BCUT2D eigenvalue weighted by Crippen LogP contribution is -2.31. The summed E-state index contributed by atoms with van der Waals surface area (Å²) in [5.41, 5.74) is 1.08. The van der Waals surface area contributed by atoms with Crippen molar-refractivity contribution in [1.82, 2.24) is 15.3 Å². The zero-order valence-electron chi connectivity index (χ0n) is 15.7. The molecule has 0 unspecified atom stereocenters. The van der Waals surface area contributed by atoms with Gasteiger partial charge in [-0.1, -0.05) is 37.2 Å². The average molecular weight is 405 g/mol. The molecule has 3 N–H and O–H groups in total. The van der Waals surface area contributed by atoms with Gasteiger partial charge in [-0.2, -0.15) is 0 Å². The molecule has 9 heteroatoms. The van der Waals surface area contributed by atoms with Crippen LogP contribution in [-0.2, 0) is 16.0 Å². The average Bonchev–Trinajstić information content (AvgIpc) is 2.65. The number of rotatable bonds is 10. The molecular weight excluding hydrogens is 382 g/mol. The number of ether oxygens (including phenoxy) is 1. The van der Waals surface area contributed by atoms with Crippen LogP contribution in [0.4, 0.5) is 0 Å². The summed E-state index contributed by atoms with van der Waals surface area (Å²) < 4.78 is 5.09. The Hall–Kier alpha value is -2.81. The number of thioether (sulfide) groups is 1. The SMILES string of the molecule is CCCc1cc(=O)[nH]c(SCC(=O)N[C@H](CC(=O)O)c2ccc(OC)cc2)n1. The van der Waals surface area contributed by atoms with Crippen LogP contribution in [-0.4, -0.2) is 39.8 Å². The van der Waals surface area contributed by atoms with E-state index in [0.717, 1.165) is 18.2 Å². The molecule has 8 nitrogen and oxygen atoms in total. The first kappa shape index (κ1) is 21.5. The number of amides is 1. The fraction of sp³-hybridized carbons (Fsp3) is 0.368. The highest BCUT2D eigenvalue weighted by Gasteiger charge is 2.18. The van der Waals surface area contributed by atoms with Crippen LogP contribution in [0, 0.1) is 0 Å². The molecule has 1 amide bonds. The number of carboxylic acids is 1. The molecule has 0 aliphatic rings. The van der Waals surface area contributed by atoms with Crippen molar-refractivity contribution < 1.29 is 19.4 Å². The number of carbonyl (C=O) groups excluding carboxylic acids is 1. The number of carboxylic acid groups (broad SMARTS) is 1. The van der Waals surface area contributed by atoms with Crippen molar-refractivity contribution in [3.8, 4) is 5.75 Å². The summed E-state index contributed by atoms with van der Waals surface area (Å²) in [5.74, 6) is -0.727. The largest absolute Gasteiger partial charge is 0.497 e. The minimum Gasteiger partial charge on any atom is -0.497 e. The van der Waals surface area contributed by atoms with Gasteiger partial charge in [0.2, 0.25) is 5.91 Å². The van der Waals surface area contributed by atoms with Crippen molar-refractivity contribution in [3.63, 3.8) is 0 Å². The predicted molar refractivity (Wildman–Crippen MR) is 106 cm³/mol. The highest BCUT2D eigenvalue weighted by atomic mass is 32.2. The van der Waals surface area contributed by atoms with Crippen molar-refractivity contribution in [1.29, 1.82) is 0 Å². The number of nitrogens with zero attached hydrogens (tertiary/aromatic N) is 1. The van der Waals surface area contributed by atoms with Crippen LogP contribution in [0.1, 0.15) is 37.1 Å². The lowest BCUT2D eigenvalue weighted by Gasteiger charge is -2.17. The molecule has 1 aromatic carbocycles. The maximum absolute atomic E-state index is 12.3. The van der Waals surface area contributed by atoms with Gasteiger partial charge in [0.1, 0.15) is 5.75 Å². The quantitative estimate of drug-likeness (QED) is 0.409. The van der Waals surface area contributed by atoms with Gasteiger partial charge < -0.3 is 20.1 Å². The molecule has 2 aromatic rings. The Morgan fingerprint density at radius 1 is 1.32 bits per heavy atom. The normalized spacial score (nSPS) is 11.6. The van der Waals surface area contributed by atoms with Crippen LogP contribution < -0.4 is 15.6 Å². The molecule has 0 aliphatic heterocycles. The molecule has 0 fully saturated rings. The second kappa shape index (κ2) is 10.5. The van der Waals surface area contributed by atoms with Gasteiger partial charge in [0.05, 0.1) is 25.3 Å². The standard InChI is InChI=1S/C19H23N3O5S/c1-3-4-13-9-16(23)22-19(20-13)28-11-17(24)21-15(10-18(25)26)12-5-7-14(27-2)8-6-12/h5-9,15H,3-4,10-11H2,1-2H3,(H,21,24)(H,25,26)(H,20,22,23)/t15-/m1/s1. The van der Waals surface area contributed by atoms with Gasteiger partial charge >= 0.3 is 5.97 Å². The maximum Gasteiger partial charge on any atom is 0.305 e. The van der Waals surface area contributed by atoms with Gasteiger partial charge in [0, 0.05) is 11.8 Å². The number of H-pyrrole nitrogens is 1. The molecule has 1 aromatic heterocycles. The molecule has 0 bridgehead atoms. The van der Waals surface area contributed by atoms with E-state index in [0.29, 0.717) is 28.6 Å². The van der Waals surface area contributed by atoms with Crippen LogP contribution in [0.5, 0.6) is 5.75 Å². The number of nitrogens with one attached hydrogen (secondary N) is 2. The Kier molecular flexibility index (Phi) is 8.06. The van der Waals surface area contributed by atoms with E-state index >= 15 is 0 Å². The Morgan fingerprint density at radius 2 is 2.04 bits per heavy atom. The summed E-state index contributed by atoms with van der Waals surface area (Å²) in [6, 6.07) is 7.62. The molecule has 0 saturated carbocycles. The molecule has 0 saturated heterocycles. The number of benzene rings is 1. The van der Waals surface area contributed by atoms with E-state index in [1.807, 2.05) is 6.92 Å². The number of aromatic nitrogens is 2.